The number of hydrogen-bond acceptors (Lipinski definition) is 4. The molecule has 0 atom stereocenters. The monoisotopic (exact) mass is 284 g/mol. The maximum Gasteiger partial charge on any atom is 0.267 e. The fourth-order valence-electron chi connectivity index (χ4n) is 2.23. The molecule has 0 spiro atoms. The molecule has 1 aromatic heterocycles. The number of primary amides is 1. The van der Waals surface area contributed by atoms with E-state index in [1.807, 2.05) is 30.3 Å². The van der Waals surface area contributed by atoms with Crippen LogP contribution < -0.4 is 16.4 Å². The number of pyridine rings is 1. The van der Waals surface area contributed by atoms with Gasteiger partial charge in [0.05, 0.1) is 0 Å². The van der Waals surface area contributed by atoms with Crippen molar-refractivity contribution in [3.05, 3.63) is 53.9 Å². The Morgan fingerprint density at radius 1 is 1.29 bits per heavy atom. The van der Waals surface area contributed by atoms with Crippen LogP contribution in [0.3, 0.4) is 0 Å². The van der Waals surface area contributed by atoms with Crippen molar-refractivity contribution < 1.29 is 4.79 Å². The second-order valence-corrected chi connectivity index (χ2v) is 4.93. The van der Waals surface area contributed by atoms with Gasteiger partial charge in [0.1, 0.15) is 5.69 Å². The molecule has 5 heteroatoms. The maximum absolute atomic E-state index is 11.3. The van der Waals surface area contributed by atoms with Crippen molar-refractivity contribution in [3.8, 4) is 0 Å². The van der Waals surface area contributed by atoms with Gasteiger partial charge in [-0.25, -0.2) is 0 Å². The number of carbonyl (C=O) groups is 1. The molecular formula is C16H20N4O. The van der Waals surface area contributed by atoms with Crippen LogP contribution in [-0.2, 0) is 6.54 Å². The number of nitrogen functional groups attached to an aromatic ring is 1. The third-order valence-electron chi connectivity index (χ3n) is 3.18. The minimum absolute atomic E-state index is 0.279. The zero-order valence-corrected chi connectivity index (χ0v) is 12.1. The maximum atomic E-state index is 11.3. The van der Waals surface area contributed by atoms with Crippen molar-refractivity contribution in [1.29, 1.82) is 0 Å². The molecule has 5 nitrogen and oxygen atoms in total. The summed E-state index contributed by atoms with van der Waals surface area (Å²) in [6, 6.07) is 11.4. The Hall–Kier alpha value is -2.56. The first-order valence-corrected chi connectivity index (χ1v) is 6.95. The van der Waals surface area contributed by atoms with Gasteiger partial charge in [-0.15, -0.1) is 0 Å². The number of aromatic nitrogens is 1. The van der Waals surface area contributed by atoms with Gasteiger partial charge >= 0.3 is 0 Å². The van der Waals surface area contributed by atoms with Crippen LogP contribution in [0.1, 0.15) is 29.4 Å². The van der Waals surface area contributed by atoms with Crippen LogP contribution in [0.25, 0.3) is 0 Å². The first kappa shape index (κ1) is 14.8. The summed E-state index contributed by atoms with van der Waals surface area (Å²) in [6.07, 6.45) is 2.61. The van der Waals surface area contributed by atoms with Crippen LogP contribution >= 0.6 is 0 Å². The lowest BCUT2D eigenvalue weighted by Crippen LogP contribution is -2.24. The Morgan fingerprint density at radius 2 is 2.10 bits per heavy atom. The molecular weight excluding hydrogens is 264 g/mol. The fourth-order valence-corrected chi connectivity index (χ4v) is 2.23. The Labute approximate surface area is 124 Å². The van der Waals surface area contributed by atoms with Crippen molar-refractivity contribution in [2.75, 3.05) is 17.2 Å². The summed E-state index contributed by atoms with van der Waals surface area (Å²) in [4.78, 5) is 17.4. The number of amides is 1. The Morgan fingerprint density at radius 3 is 2.76 bits per heavy atom. The summed E-state index contributed by atoms with van der Waals surface area (Å²) in [5.74, 6) is -0.516. The van der Waals surface area contributed by atoms with Crippen LogP contribution in [0.15, 0.2) is 42.6 Å². The molecule has 0 unspecified atom stereocenters. The minimum atomic E-state index is -0.516. The summed E-state index contributed by atoms with van der Waals surface area (Å²) in [5.41, 5.74) is 14.2. The molecule has 1 heterocycles. The topological polar surface area (TPSA) is 85.2 Å². The summed E-state index contributed by atoms with van der Waals surface area (Å²) >= 11 is 0. The highest BCUT2D eigenvalue weighted by Crippen LogP contribution is 2.19. The van der Waals surface area contributed by atoms with E-state index >= 15 is 0 Å². The molecule has 2 rings (SSSR count). The highest BCUT2D eigenvalue weighted by atomic mass is 16.1. The lowest BCUT2D eigenvalue weighted by Gasteiger charge is -2.24. The van der Waals surface area contributed by atoms with Crippen LogP contribution in [-0.4, -0.2) is 17.4 Å². The highest BCUT2D eigenvalue weighted by Gasteiger charge is 2.10. The van der Waals surface area contributed by atoms with E-state index in [0.717, 1.165) is 36.4 Å². The van der Waals surface area contributed by atoms with E-state index in [0.29, 0.717) is 0 Å². The molecule has 0 saturated heterocycles. The second kappa shape index (κ2) is 6.74. The number of hydrogen-bond donors (Lipinski definition) is 2. The molecule has 110 valence electrons. The first-order valence-electron chi connectivity index (χ1n) is 6.95. The summed E-state index contributed by atoms with van der Waals surface area (Å²) < 4.78 is 0. The molecule has 0 aliphatic heterocycles. The molecule has 1 amide bonds. The Kier molecular flexibility index (Phi) is 4.77. The van der Waals surface area contributed by atoms with Crippen molar-refractivity contribution >= 4 is 17.3 Å². The standard InChI is InChI=1S/C16H20N4O/c1-2-8-20(11-12-4-3-5-13(17)9-12)14-6-7-19-15(10-14)16(18)21/h3-7,9-10H,2,8,11,17H2,1H3,(H2,18,21). The second-order valence-electron chi connectivity index (χ2n) is 4.93. The normalized spacial score (nSPS) is 10.3. The van der Waals surface area contributed by atoms with Crippen molar-refractivity contribution in [1.82, 2.24) is 4.98 Å². The zero-order chi connectivity index (χ0) is 15.2. The number of anilines is 2. The van der Waals surface area contributed by atoms with E-state index in [2.05, 4.69) is 16.8 Å². The number of nitrogens with two attached hydrogens (primary N) is 2. The van der Waals surface area contributed by atoms with E-state index in [9.17, 15) is 4.79 Å². The zero-order valence-electron chi connectivity index (χ0n) is 12.1. The van der Waals surface area contributed by atoms with Crippen LogP contribution in [0.5, 0.6) is 0 Å². The van der Waals surface area contributed by atoms with Gasteiger partial charge in [-0.05, 0) is 36.2 Å². The van der Waals surface area contributed by atoms with Gasteiger partial charge in [0.25, 0.3) is 5.91 Å². The van der Waals surface area contributed by atoms with E-state index in [4.69, 9.17) is 11.5 Å². The molecule has 1 aromatic carbocycles. The van der Waals surface area contributed by atoms with Gasteiger partial charge in [-0.3, -0.25) is 9.78 Å². The third-order valence-corrected chi connectivity index (χ3v) is 3.18. The van der Waals surface area contributed by atoms with Crippen molar-refractivity contribution in [2.45, 2.75) is 19.9 Å². The van der Waals surface area contributed by atoms with Crippen LogP contribution in [0.2, 0.25) is 0 Å². The lowest BCUT2D eigenvalue weighted by molar-refractivity contribution is 0.0995. The molecule has 2 aromatic rings. The minimum Gasteiger partial charge on any atom is -0.399 e. The number of rotatable bonds is 6. The Balaban J connectivity index is 2.26. The highest BCUT2D eigenvalue weighted by molar-refractivity contribution is 5.91. The molecule has 0 radical (unpaired) electrons. The average molecular weight is 284 g/mol. The van der Waals surface area contributed by atoms with E-state index in [1.54, 1.807) is 12.3 Å². The SMILES string of the molecule is CCCN(Cc1cccc(N)c1)c1ccnc(C(N)=O)c1. The van der Waals surface area contributed by atoms with E-state index < -0.39 is 5.91 Å². The summed E-state index contributed by atoms with van der Waals surface area (Å²) in [5, 5.41) is 0. The predicted molar refractivity (Wildman–Crippen MR) is 85.0 cm³/mol. The van der Waals surface area contributed by atoms with Gasteiger partial charge in [-0.2, -0.15) is 0 Å². The first-order chi connectivity index (χ1) is 10.1. The number of benzene rings is 1. The number of carbonyl (C=O) groups excluding carboxylic acids is 1. The molecule has 0 saturated carbocycles. The van der Waals surface area contributed by atoms with Crippen LogP contribution in [0, 0.1) is 0 Å². The van der Waals surface area contributed by atoms with Gasteiger partial charge in [0.2, 0.25) is 0 Å². The summed E-state index contributed by atoms with van der Waals surface area (Å²) in [7, 11) is 0. The lowest BCUT2D eigenvalue weighted by atomic mass is 10.1. The van der Waals surface area contributed by atoms with Gasteiger partial charge < -0.3 is 16.4 Å². The molecule has 0 fully saturated rings. The van der Waals surface area contributed by atoms with Gasteiger partial charge in [-0.1, -0.05) is 19.1 Å². The average Bonchev–Trinajstić information content (AvgIpc) is 2.47. The van der Waals surface area contributed by atoms with E-state index in [-0.39, 0.29) is 5.69 Å². The van der Waals surface area contributed by atoms with Crippen LogP contribution in [0.4, 0.5) is 11.4 Å². The Bertz CT molecular complexity index is 627. The molecule has 0 aliphatic carbocycles. The largest absolute Gasteiger partial charge is 0.399 e. The number of nitrogens with zero attached hydrogens (tertiary/aromatic N) is 2. The predicted octanol–water partition coefficient (Wildman–Crippen LogP) is 2.18. The molecule has 0 bridgehead atoms. The van der Waals surface area contributed by atoms with Crippen molar-refractivity contribution in [2.24, 2.45) is 5.73 Å². The quantitative estimate of drug-likeness (QED) is 0.796. The fraction of sp³-hybridized carbons (Fsp3) is 0.250. The van der Waals surface area contributed by atoms with E-state index in [1.165, 1.54) is 0 Å². The molecule has 4 N–H and O–H groups in total. The smallest absolute Gasteiger partial charge is 0.267 e. The van der Waals surface area contributed by atoms with Gasteiger partial charge in [0, 0.05) is 30.7 Å². The summed E-state index contributed by atoms with van der Waals surface area (Å²) in [6.45, 7) is 3.71. The molecule has 0 aliphatic rings. The van der Waals surface area contributed by atoms with Gasteiger partial charge in [0.15, 0.2) is 0 Å². The van der Waals surface area contributed by atoms with Crippen molar-refractivity contribution in [3.63, 3.8) is 0 Å². The third kappa shape index (κ3) is 3.95. The molecule has 21 heavy (non-hydrogen) atoms.